The van der Waals surface area contributed by atoms with Gasteiger partial charge in [-0.1, -0.05) is 173 Å². The Balaban J connectivity index is 0.000000520. The fourth-order valence-electron chi connectivity index (χ4n) is 8.69. The first kappa shape index (κ1) is 34.5. The predicted molar refractivity (Wildman–Crippen MR) is 222 cm³/mol. The molecule has 8 rings (SSSR count). The lowest BCUT2D eigenvalue weighted by Gasteiger charge is -2.27. The summed E-state index contributed by atoms with van der Waals surface area (Å²) in [7, 11) is 0. The van der Waals surface area contributed by atoms with Crippen LogP contribution in [-0.2, 0) is 18.3 Å². The van der Waals surface area contributed by atoms with Gasteiger partial charge in [0.15, 0.2) is 0 Å². The van der Waals surface area contributed by atoms with Crippen molar-refractivity contribution in [3.63, 3.8) is 0 Å². The molecule has 5 aromatic carbocycles. The molecule has 0 bridgehead atoms. The van der Waals surface area contributed by atoms with E-state index < -0.39 is 0 Å². The van der Waals surface area contributed by atoms with Crippen LogP contribution in [0.1, 0.15) is 92.0 Å². The second-order valence-corrected chi connectivity index (χ2v) is 15.5. The van der Waals surface area contributed by atoms with E-state index in [9.17, 15) is 0 Å². The first-order valence-corrected chi connectivity index (χ1v) is 18.9. The molecule has 0 radical (unpaired) electrons. The van der Waals surface area contributed by atoms with E-state index in [-0.39, 0.29) is 5.41 Å². The molecule has 0 heteroatoms. The lowest BCUT2D eigenvalue weighted by atomic mass is 9.77. The highest BCUT2D eigenvalue weighted by Crippen LogP contribution is 2.53. The van der Waals surface area contributed by atoms with Gasteiger partial charge in [0.1, 0.15) is 0 Å². The van der Waals surface area contributed by atoms with Crippen molar-refractivity contribution in [3.05, 3.63) is 190 Å². The molecule has 0 saturated heterocycles. The first-order chi connectivity index (χ1) is 24.7. The van der Waals surface area contributed by atoms with Gasteiger partial charge in [-0.15, -0.1) is 0 Å². The topological polar surface area (TPSA) is 0 Å². The first-order valence-electron chi connectivity index (χ1n) is 18.9. The Kier molecular flexibility index (Phi) is 9.71. The third-order valence-electron chi connectivity index (χ3n) is 11.5. The molecule has 3 aliphatic rings. The highest BCUT2D eigenvalue weighted by molar-refractivity contribution is 6.04. The van der Waals surface area contributed by atoms with Gasteiger partial charge in [0, 0.05) is 5.41 Å². The van der Waals surface area contributed by atoms with Crippen LogP contribution in [0.3, 0.4) is 0 Å². The smallest absolute Gasteiger partial charge is 0.0159 e. The van der Waals surface area contributed by atoms with E-state index in [0.29, 0.717) is 11.8 Å². The number of rotatable bonds is 5. The van der Waals surface area contributed by atoms with Crippen LogP contribution in [0.2, 0.25) is 0 Å². The molecule has 3 aliphatic carbocycles. The predicted octanol–water partition coefficient (Wildman–Crippen LogP) is 13.8. The van der Waals surface area contributed by atoms with Crippen LogP contribution >= 0.6 is 0 Å². The second-order valence-electron chi connectivity index (χ2n) is 15.5. The van der Waals surface area contributed by atoms with Crippen LogP contribution in [0.4, 0.5) is 0 Å². The second kappa shape index (κ2) is 14.4. The van der Waals surface area contributed by atoms with Gasteiger partial charge >= 0.3 is 0 Å². The minimum absolute atomic E-state index is 0.0915. The summed E-state index contributed by atoms with van der Waals surface area (Å²) in [4.78, 5) is 0. The van der Waals surface area contributed by atoms with Crippen molar-refractivity contribution in [1.29, 1.82) is 0 Å². The van der Waals surface area contributed by atoms with Gasteiger partial charge in [0.25, 0.3) is 0 Å². The summed E-state index contributed by atoms with van der Waals surface area (Å²) < 4.78 is 0. The zero-order valence-corrected chi connectivity index (χ0v) is 31.4. The minimum Gasteiger partial charge on any atom is -0.0990 e. The van der Waals surface area contributed by atoms with Gasteiger partial charge in [0.05, 0.1) is 0 Å². The van der Waals surface area contributed by atoms with Crippen molar-refractivity contribution in [2.24, 2.45) is 11.8 Å². The number of hydrogen-bond acceptors (Lipinski definition) is 0. The van der Waals surface area contributed by atoms with Crippen molar-refractivity contribution >= 4 is 21.9 Å². The molecule has 5 aromatic rings. The molecule has 0 spiro atoms. The Bertz CT molecular complexity index is 2230. The summed E-state index contributed by atoms with van der Waals surface area (Å²) >= 11 is 0. The van der Waals surface area contributed by atoms with Crippen LogP contribution < -0.4 is 0 Å². The molecule has 0 aliphatic heterocycles. The Morgan fingerprint density at radius 2 is 1.59 bits per heavy atom. The molecule has 0 saturated carbocycles. The minimum atomic E-state index is -0.0915. The number of fused-ring (bicyclic) bond motifs is 7. The standard InChI is InChI=1S/C44H44.C7H8/c1-7-11-31(12-8-2)32-18-22-40-41(26-32)44(5,6)42-27-34(36-13-9-10-14-39(36)43(40)42)25-30-17-21-37-33(24-30)23-29(4)35-19-15-28(3)16-20-38(35)37;1-7-5-3-2-4-6-7/h7-14,16-18,20-22,24,26-29H,1,15,19,23,25H2,2-6H3;2-6H,1H3/b12-8-,31-11+;. The van der Waals surface area contributed by atoms with Crippen LogP contribution in [0, 0.1) is 18.8 Å². The van der Waals surface area contributed by atoms with Crippen molar-refractivity contribution < 1.29 is 0 Å². The molecule has 0 N–H and O–H groups in total. The SMILES string of the molecule is C=C/C=C(\C=C/C)c1ccc2c(c1)C(C)(C)c1cc(Cc3ccc4c(c3)CC(C)C3=C4C=CC(C)CC3)c3ccccc3c1-2.Cc1ccccc1. The van der Waals surface area contributed by atoms with E-state index in [1.165, 1.54) is 90.4 Å². The van der Waals surface area contributed by atoms with Crippen LogP contribution in [0.25, 0.3) is 33.0 Å². The van der Waals surface area contributed by atoms with E-state index in [1.54, 1.807) is 5.57 Å². The lowest BCUT2D eigenvalue weighted by molar-refractivity contribution is 0.581. The zero-order valence-electron chi connectivity index (χ0n) is 31.4. The average molecular weight is 665 g/mol. The number of hydrogen-bond donors (Lipinski definition) is 0. The molecule has 0 aromatic heterocycles. The van der Waals surface area contributed by atoms with Crippen LogP contribution in [0.15, 0.2) is 146 Å². The van der Waals surface area contributed by atoms with E-state index in [0.717, 1.165) is 12.8 Å². The molecule has 51 heavy (non-hydrogen) atoms. The fraction of sp³-hybridized carbons (Fsp3) is 0.255. The largest absolute Gasteiger partial charge is 0.0990 e. The average Bonchev–Trinajstić information content (AvgIpc) is 3.22. The van der Waals surface area contributed by atoms with Crippen molar-refractivity contribution in [2.75, 3.05) is 0 Å². The molecule has 256 valence electrons. The maximum atomic E-state index is 3.96. The summed E-state index contributed by atoms with van der Waals surface area (Å²) in [5.74, 6) is 1.27. The number of aryl methyl sites for hydroxylation is 1. The van der Waals surface area contributed by atoms with Gasteiger partial charge in [0.2, 0.25) is 0 Å². The lowest BCUT2D eigenvalue weighted by Crippen LogP contribution is -2.16. The summed E-state index contributed by atoms with van der Waals surface area (Å²) in [5.41, 5.74) is 18.3. The summed E-state index contributed by atoms with van der Waals surface area (Å²) in [5, 5.41) is 2.74. The van der Waals surface area contributed by atoms with E-state index in [1.807, 2.05) is 24.3 Å². The zero-order chi connectivity index (χ0) is 35.7. The van der Waals surface area contributed by atoms with Gasteiger partial charge in [-0.25, -0.2) is 0 Å². The fourth-order valence-corrected chi connectivity index (χ4v) is 8.69. The Morgan fingerprint density at radius 3 is 2.31 bits per heavy atom. The molecule has 2 atom stereocenters. The third kappa shape index (κ3) is 6.65. The molecular weight excluding hydrogens is 613 g/mol. The molecular formula is C51H52. The number of allylic oxidation sites excluding steroid dienone is 9. The maximum absolute atomic E-state index is 3.96. The van der Waals surface area contributed by atoms with Crippen molar-refractivity contribution in [2.45, 2.75) is 72.6 Å². The third-order valence-corrected chi connectivity index (χ3v) is 11.5. The molecule has 0 heterocycles. The normalized spacial score (nSPS) is 18.7. The van der Waals surface area contributed by atoms with Crippen LogP contribution in [0.5, 0.6) is 0 Å². The monoisotopic (exact) mass is 664 g/mol. The summed E-state index contributed by atoms with van der Waals surface area (Å²) in [6.45, 7) is 17.7. The highest BCUT2D eigenvalue weighted by Gasteiger charge is 2.37. The van der Waals surface area contributed by atoms with E-state index in [4.69, 9.17) is 0 Å². The summed E-state index contributed by atoms with van der Waals surface area (Å²) in [6, 6.07) is 36.2. The molecule has 0 amide bonds. The Labute approximate surface area is 306 Å². The van der Waals surface area contributed by atoms with Gasteiger partial charge in [-0.3, -0.25) is 0 Å². The van der Waals surface area contributed by atoms with Gasteiger partial charge in [-0.05, 0) is 129 Å². The Morgan fingerprint density at radius 1 is 0.843 bits per heavy atom. The number of benzene rings is 5. The van der Waals surface area contributed by atoms with E-state index >= 15 is 0 Å². The van der Waals surface area contributed by atoms with E-state index in [2.05, 4.69) is 157 Å². The molecule has 0 fully saturated rings. The van der Waals surface area contributed by atoms with Crippen molar-refractivity contribution in [3.8, 4) is 11.1 Å². The maximum Gasteiger partial charge on any atom is 0.0159 e. The van der Waals surface area contributed by atoms with Gasteiger partial charge in [-0.2, -0.15) is 0 Å². The highest BCUT2D eigenvalue weighted by atomic mass is 14.4. The molecule has 2 unspecified atom stereocenters. The van der Waals surface area contributed by atoms with Gasteiger partial charge < -0.3 is 0 Å². The van der Waals surface area contributed by atoms with Crippen molar-refractivity contribution in [1.82, 2.24) is 0 Å². The summed E-state index contributed by atoms with van der Waals surface area (Å²) in [6.07, 6.45) is 17.7. The Hall–Kier alpha value is -4.94. The quantitative estimate of drug-likeness (QED) is 0.164. The van der Waals surface area contributed by atoms with Crippen LogP contribution in [-0.4, -0.2) is 0 Å². The molecule has 0 nitrogen and oxygen atoms in total.